The van der Waals surface area contributed by atoms with Crippen molar-refractivity contribution in [2.45, 2.75) is 20.0 Å². The smallest absolute Gasteiger partial charge is 0.197 e. The molecule has 0 unspecified atom stereocenters. The molecule has 0 aliphatic carbocycles. The van der Waals surface area contributed by atoms with E-state index < -0.39 is 0 Å². The van der Waals surface area contributed by atoms with Crippen LogP contribution < -0.4 is 4.74 Å². The Morgan fingerprint density at radius 1 is 0.909 bits per heavy atom. The fraction of sp³-hybridized carbons (Fsp3) is 0.111. The van der Waals surface area contributed by atoms with E-state index in [1.54, 1.807) is 0 Å². The number of aromatic nitrogens is 5. The molecule has 0 saturated carbocycles. The molecule has 3 aromatic carbocycles. The van der Waals surface area contributed by atoms with Crippen LogP contribution in [0, 0.1) is 6.92 Å². The molecule has 0 radical (unpaired) electrons. The number of aromatic amines is 1. The second-order valence-corrected chi connectivity index (χ2v) is 7.90. The third-order valence-electron chi connectivity index (χ3n) is 5.49. The topological polar surface area (TPSA) is 76.6 Å². The first-order valence-corrected chi connectivity index (χ1v) is 10.8. The molecule has 1 N–H and O–H groups in total. The Hall–Kier alpha value is -4.32. The van der Waals surface area contributed by atoms with Crippen molar-refractivity contribution in [1.29, 1.82) is 0 Å². The summed E-state index contributed by atoms with van der Waals surface area (Å²) in [7, 11) is 0. The molecule has 5 rings (SSSR count). The van der Waals surface area contributed by atoms with Crippen molar-refractivity contribution in [2.24, 2.45) is 0 Å². The van der Waals surface area contributed by atoms with Crippen molar-refractivity contribution < 1.29 is 4.74 Å². The second-order valence-electron chi connectivity index (χ2n) is 7.90. The molecule has 5 aromatic rings. The van der Waals surface area contributed by atoms with Crippen molar-refractivity contribution in [3.63, 3.8) is 0 Å². The van der Waals surface area contributed by atoms with Gasteiger partial charge in [0, 0.05) is 5.39 Å². The quantitative estimate of drug-likeness (QED) is 0.372. The SMILES string of the molecule is Cc1cc(/C=C/c2nn[nH]n2)ccc1Cc1cccc(OCc2ccc3ccccc3n2)c1. The lowest BCUT2D eigenvalue weighted by molar-refractivity contribution is 0.301. The molecule has 0 atom stereocenters. The first-order chi connectivity index (χ1) is 16.2. The van der Waals surface area contributed by atoms with Crippen LogP contribution in [0.3, 0.4) is 0 Å². The van der Waals surface area contributed by atoms with E-state index in [2.05, 4.69) is 75.0 Å². The Labute approximate surface area is 192 Å². The van der Waals surface area contributed by atoms with Gasteiger partial charge in [0.05, 0.1) is 11.2 Å². The summed E-state index contributed by atoms with van der Waals surface area (Å²) >= 11 is 0. The number of ether oxygens (including phenoxy) is 1. The van der Waals surface area contributed by atoms with E-state index in [4.69, 9.17) is 4.74 Å². The Kier molecular flexibility index (Phi) is 5.89. The maximum Gasteiger partial charge on any atom is 0.197 e. The molecule has 0 saturated heterocycles. The van der Waals surface area contributed by atoms with Gasteiger partial charge < -0.3 is 4.74 Å². The summed E-state index contributed by atoms with van der Waals surface area (Å²) in [6.07, 6.45) is 4.66. The van der Waals surface area contributed by atoms with Crippen LogP contribution >= 0.6 is 0 Å². The molecule has 0 aliphatic heterocycles. The summed E-state index contributed by atoms with van der Waals surface area (Å²) in [6, 6.07) is 26.9. The second kappa shape index (κ2) is 9.44. The van der Waals surface area contributed by atoms with Crippen LogP contribution in [0.15, 0.2) is 78.9 Å². The zero-order valence-electron chi connectivity index (χ0n) is 18.3. The van der Waals surface area contributed by atoms with Crippen molar-refractivity contribution in [3.8, 4) is 5.75 Å². The van der Waals surface area contributed by atoms with Gasteiger partial charge in [-0.3, -0.25) is 0 Å². The predicted octanol–water partition coefficient (Wildman–Crippen LogP) is 5.40. The lowest BCUT2D eigenvalue weighted by Crippen LogP contribution is -1.99. The Morgan fingerprint density at radius 3 is 2.73 bits per heavy atom. The van der Waals surface area contributed by atoms with Gasteiger partial charge >= 0.3 is 0 Å². The number of benzene rings is 3. The van der Waals surface area contributed by atoms with Gasteiger partial charge in [0.15, 0.2) is 5.82 Å². The first-order valence-electron chi connectivity index (χ1n) is 10.8. The molecule has 2 heterocycles. The van der Waals surface area contributed by atoms with Crippen LogP contribution in [0.1, 0.15) is 33.8 Å². The van der Waals surface area contributed by atoms with Crippen molar-refractivity contribution in [2.75, 3.05) is 0 Å². The van der Waals surface area contributed by atoms with E-state index in [1.807, 2.05) is 48.6 Å². The fourth-order valence-corrected chi connectivity index (χ4v) is 3.74. The van der Waals surface area contributed by atoms with Gasteiger partial charge in [-0.25, -0.2) is 4.98 Å². The molecule has 0 aliphatic rings. The summed E-state index contributed by atoms with van der Waals surface area (Å²) in [6.45, 7) is 2.57. The average Bonchev–Trinajstić information content (AvgIpc) is 3.37. The van der Waals surface area contributed by atoms with Crippen LogP contribution in [0.4, 0.5) is 0 Å². The third kappa shape index (κ3) is 5.13. The molecule has 0 fully saturated rings. The lowest BCUT2D eigenvalue weighted by atomic mass is 9.98. The number of nitrogens with zero attached hydrogens (tertiary/aromatic N) is 4. The molecule has 6 heteroatoms. The van der Waals surface area contributed by atoms with E-state index >= 15 is 0 Å². The van der Waals surface area contributed by atoms with Crippen LogP contribution in [0.2, 0.25) is 0 Å². The minimum atomic E-state index is 0.439. The third-order valence-corrected chi connectivity index (χ3v) is 5.49. The minimum Gasteiger partial charge on any atom is -0.487 e. The van der Waals surface area contributed by atoms with Gasteiger partial charge in [-0.1, -0.05) is 60.7 Å². The normalized spacial score (nSPS) is 11.3. The van der Waals surface area contributed by atoms with E-state index in [-0.39, 0.29) is 0 Å². The molecular weight excluding hydrogens is 410 g/mol. The van der Waals surface area contributed by atoms with Crippen molar-refractivity contribution in [3.05, 3.63) is 113 Å². The fourth-order valence-electron chi connectivity index (χ4n) is 3.74. The van der Waals surface area contributed by atoms with Gasteiger partial charge in [-0.05, 0) is 71.2 Å². The minimum absolute atomic E-state index is 0.439. The zero-order chi connectivity index (χ0) is 22.5. The standard InChI is InChI=1S/C27H23N5O/c1-19-15-20(10-14-27-29-31-32-30-27)9-11-23(19)16-21-5-4-7-25(17-21)33-18-24-13-12-22-6-2-3-8-26(22)28-24/h2-15,17H,16,18H2,1H3,(H,29,30,31,32)/b14-10+. The maximum absolute atomic E-state index is 6.04. The van der Waals surface area contributed by atoms with Crippen LogP contribution in [0.25, 0.3) is 23.1 Å². The number of rotatable bonds is 7. The highest BCUT2D eigenvalue weighted by Crippen LogP contribution is 2.21. The van der Waals surface area contributed by atoms with E-state index in [0.717, 1.165) is 34.3 Å². The lowest BCUT2D eigenvalue weighted by Gasteiger charge is -2.10. The summed E-state index contributed by atoms with van der Waals surface area (Å²) in [5, 5.41) is 15.0. The Morgan fingerprint density at radius 2 is 1.85 bits per heavy atom. The number of hydrogen-bond donors (Lipinski definition) is 1. The highest BCUT2D eigenvalue weighted by molar-refractivity contribution is 5.78. The summed E-state index contributed by atoms with van der Waals surface area (Å²) in [5.74, 6) is 1.41. The average molecular weight is 434 g/mol. The molecule has 162 valence electrons. The monoisotopic (exact) mass is 433 g/mol. The summed E-state index contributed by atoms with van der Waals surface area (Å²) in [5.41, 5.74) is 6.72. The van der Waals surface area contributed by atoms with Crippen LogP contribution in [-0.2, 0) is 13.0 Å². The van der Waals surface area contributed by atoms with Gasteiger partial charge in [0.25, 0.3) is 0 Å². The van der Waals surface area contributed by atoms with E-state index in [9.17, 15) is 0 Å². The number of para-hydroxylation sites is 1. The zero-order valence-corrected chi connectivity index (χ0v) is 18.3. The number of aryl methyl sites for hydroxylation is 1. The predicted molar refractivity (Wildman–Crippen MR) is 130 cm³/mol. The maximum atomic E-state index is 6.04. The van der Waals surface area contributed by atoms with Crippen molar-refractivity contribution in [1.82, 2.24) is 25.6 Å². The van der Waals surface area contributed by atoms with Gasteiger partial charge in [0.1, 0.15) is 12.4 Å². The first kappa shape index (κ1) is 20.6. The highest BCUT2D eigenvalue weighted by Gasteiger charge is 2.05. The largest absolute Gasteiger partial charge is 0.487 e. The molecule has 2 aromatic heterocycles. The highest BCUT2D eigenvalue weighted by atomic mass is 16.5. The summed E-state index contributed by atoms with van der Waals surface area (Å²) < 4.78 is 6.04. The van der Waals surface area contributed by atoms with Gasteiger partial charge in [0.2, 0.25) is 0 Å². The van der Waals surface area contributed by atoms with Crippen LogP contribution in [-0.4, -0.2) is 25.6 Å². The number of H-pyrrole nitrogens is 1. The number of fused-ring (bicyclic) bond motifs is 1. The van der Waals surface area contributed by atoms with Gasteiger partial charge in [-0.2, -0.15) is 5.21 Å². The Balaban J connectivity index is 1.25. The molecular formula is C27H23N5O. The number of pyridine rings is 1. The van der Waals surface area contributed by atoms with E-state index in [0.29, 0.717) is 12.4 Å². The van der Waals surface area contributed by atoms with E-state index in [1.165, 1.54) is 16.7 Å². The van der Waals surface area contributed by atoms with Gasteiger partial charge in [-0.15, -0.1) is 10.2 Å². The number of nitrogens with one attached hydrogen (secondary N) is 1. The molecule has 33 heavy (non-hydrogen) atoms. The number of hydrogen-bond acceptors (Lipinski definition) is 5. The summed E-state index contributed by atoms with van der Waals surface area (Å²) in [4.78, 5) is 4.69. The van der Waals surface area contributed by atoms with Crippen LogP contribution in [0.5, 0.6) is 5.75 Å². The molecule has 0 bridgehead atoms. The molecule has 0 amide bonds. The molecule has 6 nitrogen and oxygen atoms in total. The number of tetrazole rings is 1. The van der Waals surface area contributed by atoms with Crippen molar-refractivity contribution >= 4 is 23.1 Å². The Bertz CT molecular complexity index is 1410. The molecule has 0 spiro atoms.